The summed E-state index contributed by atoms with van der Waals surface area (Å²) in [5, 5.41) is 8.54. The average molecular weight is 286 g/mol. The molecule has 4 N–H and O–H groups in total. The number of nitrogens with one attached hydrogen (secondary N) is 1. The van der Waals surface area contributed by atoms with Crippen molar-refractivity contribution >= 4 is 23.2 Å². The number of ketones is 2. The molecule has 21 heavy (non-hydrogen) atoms. The van der Waals surface area contributed by atoms with Crippen molar-refractivity contribution in [2.24, 2.45) is 0 Å². The highest BCUT2D eigenvalue weighted by atomic mass is 16.4. The summed E-state index contributed by atoms with van der Waals surface area (Å²) < 4.78 is 0. The van der Waals surface area contributed by atoms with E-state index in [0.717, 1.165) is 5.56 Å². The normalized spacial score (nSPS) is 10.3. The van der Waals surface area contributed by atoms with E-state index in [2.05, 4.69) is 4.98 Å². The number of nitrogens with two attached hydrogens (primary N) is 1. The number of aromatic nitrogens is 1. The molecular weight excluding hydrogens is 272 g/mol. The maximum atomic E-state index is 12.0. The Kier molecular flexibility index (Phi) is 4.18. The Hall–Kier alpha value is -2.89. The topological polar surface area (TPSA) is 113 Å². The van der Waals surface area contributed by atoms with Gasteiger partial charge in [-0.05, 0) is 35.7 Å². The van der Waals surface area contributed by atoms with Gasteiger partial charge in [0.25, 0.3) is 0 Å². The van der Waals surface area contributed by atoms with Crippen LogP contribution in [-0.4, -0.2) is 27.6 Å². The average Bonchev–Trinajstić information content (AvgIpc) is 2.89. The monoisotopic (exact) mass is 286 g/mol. The van der Waals surface area contributed by atoms with Gasteiger partial charge in [0.15, 0.2) is 5.78 Å². The molecule has 0 atom stereocenters. The van der Waals surface area contributed by atoms with E-state index in [-0.39, 0.29) is 5.69 Å². The molecule has 2 aromatic rings. The molecule has 0 radical (unpaired) electrons. The standard InChI is InChI=1S/C15H14N2O4/c16-11-3-1-9(2-4-11)7-10-5-6-17-14(10)12(18)8-13(19)15(20)21/h1-6,17H,7-8,16H2,(H,20,21). The Labute approximate surface area is 120 Å². The second kappa shape index (κ2) is 6.04. The lowest BCUT2D eigenvalue weighted by Gasteiger charge is -2.04. The fraction of sp³-hybridized carbons (Fsp3) is 0.133. The van der Waals surface area contributed by atoms with Crippen LogP contribution in [0.3, 0.4) is 0 Å². The molecule has 1 aromatic carbocycles. The van der Waals surface area contributed by atoms with Gasteiger partial charge >= 0.3 is 5.97 Å². The van der Waals surface area contributed by atoms with Gasteiger partial charge in [-0.25, -0.2) is 4.79 Å². The number of benzene rings is 1. The number of nitrogen functional groups attached to an aromatic ring is 1. The van der Waals surface area contributed by atoms with Crippen molar-refractivity contribution in [1.29, 1.82) is 0 Å². The molecule has 1 aromatic heterocycles. The third-order valence-electron chi connectivity index (χ3n) is 3.05. The number of carboxylic acid groups (broad SMARTS) is 1. The number of carbonyl (C=O) groups excluding carboxylic acids is 2. The molecule has 0 saturated heterocycles. The van der Waals surface area contributed by atoms with E-state index in [1.807, 2.05) is 12.1 Å². The lowest BCUT2D eigenvalue weighted by atomic mass is 10.0. The lowest BCUT2D eigenvalue weighted by molar-refractivity contribution is -0.148. The molecule has 0 bridgehead atoms. The van der Waals surface area contributed by atoms with Gasteiger partial charge < -0.3 is 15.8 Å². The number of hydrogen-bond donors (Lipinski definition) is 3. The summed E-state index contributed by atoms with van der Waals surface area (Å²) >= 11 is 0. The van der Waals surface area contributed by atoms with Gasteiger partial charge in [0.1, 0.15) is 0 Å². The van der Waals surface area contributed by atoms with Crippen LogP contribution < -0.4 is 5.73 Å². The minimum Gasteiger partial charge on any atom is -0.475 e. The van der Waals surface area contributed by atoms with Crippen molar-refractivity contribution in [3.8, 4) is 0 Å². The highest BCUT2D eigenvalue weighted by molar-refractivity contribution is 6.37. The molecule has 1 heterocycles. The maximum absolute atomic E-state index is 12.0. The zero-order chi connectivity index (χ0) is 15.4. The number of carbonyl (C=O) groups is 3. The van der Waals surface area contributed by atoms with Crippen molar-refractivity contribution in [1.82, 2.24) is 4.98 Å². The van der Waals surface area contributed by atoms with Crippen molar-refractivity contribution in [3.05, 3.63) is 53.3 Å². The summed E-state index contributed by atoms with van der Waals surface area (Å²) in [5.74, 6) is -3.25. The SMILES string of the molecule is Nc1ccc(Cc2cc[nH]c2C(=O)CC(=O)C(=O)O)cc1. The number of anilines is 1. The van der Waals surface area contributed by atoms with Gasteiger partial charge in [-0.15, -0.1) is 0 Å². The minimum atomic E-state index is -1.60. The van der Waals surface area contributed by atoms with Crippen LogP contribution >= 0.6 is 0 Å². The predicted molar refractivity (Wildman–Crippen MR) is 76.0 cm³/mol. The highest BCUT2D eigenvalue weighted by Gasteiger charge is 2.20. The molecule has 0 saturated carbocycles. The van der Waals surface area contributed by atoms with E-state index in [1.165, 1.54) is 0 Å². The van der Waals surface area contributed by atoms with Crippen LogP contribution in [0.4, 0.5) is 5.69 Å². The van der Waals surface area contributed by atoms with E-state index in [9.17, 15) is 14.4 Å². The maximum Gasteiger partial charge on any atom is 0.372 e. The van der Waals surface area contributed by atoms with Gasteiger partial charge in [0.2, 0.25) is 5.78 Å². The number of carboxylic acids is 1. The van der Waals surface area contributed by atoms with Crippen molar-refractivity contribution < 1.29 is 19.5 Å². The van der Waals surface area contributed by atoms with E-state index >= 15 is 0 Å². The van der Waals surface area contributed by atoms with Crippen molar-refractivity contribution in [2.45, 2.75) is 12.8 Å². The molecular formula is C15H14N2O4. The molecule has 0 amide bonds. The van der Waals surface area contributed by atoms with Crippen LogP contribution in [0.5, 0.6) is 0 Å². The molecule has 0 spiro atoms. The zero-order valence-electron chi connectivity index (χ0n) is 11.1. The number of aliphatic carboxylic acids is 1. The van der Waals surface area contributed by atoms with Gasteiger partial charge in [0, 0.05) is 11.9 Å². The molecule has 108 valence electrons. The first kappa shape index (κ1) is 14.5. The quantitative estimate of drug-likeness (QED) is 0.321. The van der Waals surface area contributed by atoms with Gasteiger partial charge in [-0.2, -0.15) is 0 Å². The van der Waals surface area contributed by atoms with Gasteiger partial charge in [-0.3, -0.25) is 9.59 Å². The van der Waals surface area contributed by atoms with Crippen LogP contribution in [0, 0.1) is 0 Å². The van der Waals surface area contributed by atoms with Crippen LogP contribution in [0.1, 0.15) is 28.0 Å². The first-order valence-electron chi connectivity index (χ1n) is 6.27. The van der Waals surface area contributed by atoms with Crippen LogP contribution in [-0.2, 0) is 16.0 Å². The van der Waals surface area contributed by atoms with E-state index < -0.39 is 24.0 Å². The summed E-state index contributed by atoms with van der Waals surface area (Å²) in [6.07, 6.45) is 1.43. The molecule has 6 nitrogen and oxygen atoms in total. The van der Waals surface area contributed by atoms with E-state index in [0.29, 0.717) is 17.7 Å². The summed E-state index contributed by atoms with van der Waals surface area (Å²) in [6, 6.07) is 8.95. The minimum absolute atomic E-state index is 0.265. The lowest BCUT2D eigenvalue weighted by Crippen LogP contribution is -2.18. The third-order valence-corrected chi connectivity index (χ3v) is 3.05. The Morgan fingerprint density at radius 2 is 1.76 bits per heavy atom. The Balaban J connectivity index is 2.14. The molecule has 0 aliphatic carbocycles. The highest BCUT2D eigenvalue weighted by Crippen LogP contribution is 2.16. The summed E-state index contributed by atoms with van der Waals surface area (Å²) in [6.45, 7) is 0. The summed E-state index contributed by atoms with van der Waals surface area (Å²) in [5.41, 5.74) is 8.19. The largest absolute Gasteiger partial charge is 0.475 e. The van der Waals surface area contributed by atoms with Crippen LogP contribution in [0.2, 0.25) is 0 Å². The smallest absolute Gasteiger partial charge is 0.372 e. The second-order valence-electron chi connectivity index (χ2n) is 4.62. The van der Waals surface area contributed by atoms with Crippen LogP contribution in [0.25, 0.3) is 0 Å². The molecule has 0 aliphatic rings. The Morgan fingerprint density at radius 1 is 1.10 bits per heavy atom. The fourth-order valence-electron chi connectivity index (χ4n) is 1.97. The van der Waals surface area contributed by atoms with Gasteiger partial charge in [-0.1, -0.05) is 12.1 Å². The van der Waals surface area contributed by atoms with E-state index in [1.54, 1.807) is 24.4 Å². The Bertz CT molecular complexity index is 686. The van der Waals surface area contributed by atoms with Crippen molar-refractivity contribution in [2.75, 3.05) is 5.73 Å². The second-order valence-corrected chi connectivity index (χ2v) is 4.62. The summed E-state index contributed by atoms with van der Waals surface area (Å²) in [4.78, 5) is 36.3. The molecule has 0 fully saturated rings. The molecule has 0 aliphatic heterocycles. The van der Waals surface area contributed by atoms with Crippen molar-refractivity contribution in [3.63, 3.8) is 0 Å². The Morgan fingerprint density at radius 3 is 2.38 bits per heavy atom. The number of H-pyrrole nitrogens is 1. The van der Waals surface area contributed by atoms with E-state index in [4.69, 9.17) is 10.8 Å². The van der Waals surface area contributed by atoms with Gasteiger partial charge in [0.05, 0.1) is 12.1 Å². The molecule has 0 unspecified atom stereocenters. The number of Topliss-reactive ketones (excluding diaryl/α,β-unsaturated/α-hetero) is 2. The van der Waals surface area contributed by atoms with Crippen LogP contribution in [0.15, 0.2) is 36.5 Å². The number of rotatable bonds is 6. The predicted octanol–water partition coefficient (Wildman–Crippen LogP) is 1.41. The fourth-order valence-corrected chi connectivity index (χ4v) is 1.97. The third kappa shape index (κ3) is 3.56. The first-order chi connectivity index (χ1) is 9.97. The number of hydrogen-bond acceptors (Lipinski definition) is 4. The zero-order valence-corrected chi connectivity index (χ0v) is 11.1. The first-order valence-corrected chi connectivity index (χ1v) is 6.27. The molecule has 2 rings (SSSR count). The molecule has 6 heteroatoms. The summed E-state index contributed by atoms with van der Waals surface area (Å²) in [7, 11) is 0. The number of aromatic amines is 1.